The fourth-order valence-corrected chi connectivity index (χ4v) is 3.09. The van der Waals surface area contributed by atoms with Crippen molar-refractivity contribution in [3.63, 3.8) is 0 Å². The number of rotatable bonds is 4. The van der Waals surface area contributed by atoms with Crippen LogP contribution in [0.3, 0.4) is 0 Å². The Labute approximate surface area is 129 Å². The van der Waals surface area contributed by atoms with Gasteiger partial charge in [-0.15, -0.1) is 0 Å². The van der Waals surface area contributed by atoms with Crippen LogP contribution < -0.4 is 5.32 Å². The molecule has 3 heterocycles. The summed E-state index contributed by atoms with van der Waals surface area (Å²) in [4.78, 5) is 10.4. The number of para-hydroxylation sites is 1. The predicted molar refractivity (Wildman–Crippen MR) is 89.3 cm³/mol. The third-order valence-corrected chi connectivity index (χ3v) is 4.24. The van der Waals surface area contributed by atoms with Crippen molar-refractivity contribution in [1.29, 1.82) is 0 Å². The van der Waals surface area contributed by atoms with Gasteiger partial charge >= 0.3 is 0 Å². The van der Waals surface area contributed by atoms with Crippen molar-refractivity contribution in [2.24, 2.45) is 0 Å². The van der Waals surface area contributed by atoms with Crippen molar-refractivity contribution in [3.05, 3.63) is 36.5 Å². The van der Waals surface area contributed by atoms with Gasteiger partial charge in [0.05, 0.1) is 18.7 Å². The van der Waals surface area contributed by atoms with Crippen molar-refractivity contribution in [2.75, 3.05) is 44.7 Å². The first-order valence-corrected chi connectivity index (χ1v) is 7.81. The maximum atomic E-state index is 5.38. The van der Waals surface area contributed by atoms with Gasteiger partial charge in [0.25, 0.3) is 0 Å². The lowest BCUT2D eigenvalue weighted by atomic mass is 10.2. The Hall–Kier alpha value is -2.11. The molecule has 114 valence electrons. The minimum absolute atomic E-state index is 0.844. The van der Waals surface area contributed by atoms with Crippen molar-refractivity contribution in [1.82, 2.24) is 14.9 Å². The van der Waals surface area contributed by atoms with Crippen LogP contribution in [0.25, 0.3) is 21.8 Å². The average Bonchev–Trinajstić information content (AvgIpc) is 2.95. The fourth-order valence-electron chi connectivity index (χ4n) is 3.09. The molecule has 0 aliphatic carbocycles. The van der Waals surface area contributed by atoms with E-state index in [4.69, 9.17) is 4.74 Å². The molecule has 0 amide bonds. The van der Waals surface area contributed by atoms with E-state index in [1.807, 2.05) is 12.3 Å². The number of morpholine rings is 1. The van der Waals surface area contributed by atoms with E-state index in [2.05, 4.69) is 44.5 Å². The summed E-state index contributed by atoms with van der Waals surface area (Å²) in [5.41, 5.74) is 2.28. The van der Waals surface area contributed by atoms with Crippen LogP contribution in [0.1, 0.15) is 0 Å². The van der Waals surface area contributed by atoms with E-state index in [0.717, 1.165) is 56.2 Å². The molecule has 0 radical (unpaired) electrons. The SMILES string of the molecule is c1ccc2c(c1)[nH]c1ccnc(NCCN3CCOCC3)c12. The summed E-state index contributed by atoms with van der Waals surface area (Å²) in [6.07, 6.45) is 1.86. The van der Waals surface area contributed by atoms with Gasteiger partial charge in [-0.3, -0.25) is 4.90 Å². The van der Waals surface area contributed by atoms with Crippen LogP contribution in [0.5, 0.6) is 0 Å². The summed E-state index contributed by atoms with van der Waals surface area (Å²) < 4.78 is 5.38. The van der Waals surface area contributed by atoms with E-state index in [0.29, 0.717) is 0 Å². The number of nitrogens with zero attached hydrogens (tertiary/aromatic N) is 2. The summed E-state index contributed by atoms with van der Waals surface area (Å²) in [5.74, 6) is 0.961. The Morgan fingerprint density at radius 3 is 2.91 bits per heavy atom. The number of aromatic amines is 1. The van der Waals surface area contributed by atoms with Crippen molar-refractivity contribution in [3.8, 4) is 0 Å². The lowest BCUT2D eigenvalue weighted by molar-refractivity contribution is 0.0398. The summed E-state index contributed by atoms with van der Waals surface area (Å²) in [6.45, 7) is 5.64. The number of pyridine rings is 1. The molecule has 0 unspecified atom stereocenters. The molecule has 0 bridgehead atoms. The fraction of sp³-hybridized carbons (Fsp3) is 0.353. The van der Waals surface area contributed by atoms with Gasteiger partial charge in [-0.1, -0.05) is 18.2 Å². The van der Waals surface area contributed by atoms with E-state index >= 15 is 0 Å². The lowest BCUT2D eigenvalue weighted by Crippen LogP contribution is -2.39. The lowest BCUT2D eigenvalue weighted by Gasteiger charge is -2.26. The third-order valence-electron chi connectivity index (χ3n) is 4.24. The number of hydrogen-bond donors (Lipinski definition) is 2. The summed E-state index contributed by atoms with van der Waals surface area (Å²) >= 11 is 0. The molecule has 2 N–H and O–H groups in total. The van der Waals surface area contributed by atoms with Gasteiger partial charge in [0, 0.05) is 48.7 Å². The number of hydrogen-bond acceptors (Lipinski definition) is 4. The molecule has 0 atom stereocenters. The zero-order valence-electron chi connectivity index (χ0n) is 12.5. The van der Waals surface area contributed by atoms with Crippen LogP contribution in [-0.2, 0) is 4.74 Å². The second-order valence-electron chi connectivity index (χ2n) is 5.63. The average molecular weight is 296 g/mol. The van der Waals surface area contributed by atoms with Gasteiger partial charge in [-0.25, -0.2) is 4.98 Å². The van der Waals surface area contributed by atoms with Crippen molar-refractivity contribution < 1.29 is 4.74 Å². The first kappa shape index (κ1) is 13.5. The Morgan fingerprint density at radius 2 is 2.00 bits per heavy atom. The predicted octanol–water partition coefficient (Wildman–Crippen LogP) is 2.46. The maximum Gasteiger partial charge on any atom is 0.136 e. The third kappa shape index (κ3) is 2.53. The molecule has 1 fully saturated rings. The highest BCUT2D eigenvalue weighted by Gasteiger charge is 2.11. The minimum atomic E-state index is 0.844. The van der Waals surface area contributed by atoms with Crippen LogP contribution in [0.2, 0.25) is 0 Å². The second kappa shape index (κ2) is 5.94. The van der Waals surface area contributed by atoms with E-state index in [-0.39, 0.29) is 0 Å². The van der Waals surface area contributed by atoms with Crippen LogP contribution in [0.15, 0.2) is 36.5 Å². The molecule has 1 saturated heterocycles. The highest BCUT2D eigenvalue weighted by atomic mass is 16.5. The van der Waals surface area contributed by atoms with Gasteiger partial charge in [-0.05, 0) is 12.1 Å². The van der Waals surface area contributed by atoms with Gasteiger partial charge in [0.2, 0.25) is 0 Å². The largest absolute Gasteiger partial charge is 0.379 e. The van der Waals surface area contributed by atoms with Gasteiger partial charge in [0.15, 0.2) is 0 Å². The maximum absolute atomic E-state index is 5.38. The monoisotopic (exact) mass is 296 g/mol. The van der Waals surface area contributed by atoms with Crippen LogP contribution in [0.4, 0.5) is 5.82 Å². The molecule has 0 spiro atoms. The summed E-state index contributed by atoms with van der Waals surface area (Å²) in [7, 11) is 0. The molecule has 5 heteroatoms. The van der Waals surface area contributed by atoms with Gasteiger partial charge < -0.3 is 15.0 Å². The molecular weight excluding hydrogens is 276 g/mol. The van der Waals surface area contributed by atoms with Crippen LogP contribution in [-0.4, -0.2) is 54.3 Å². The number of H-pyrrole nitrogens is 1. The number of aromatic nitrogens is 2. The standard InChI is InChI=1S/C17H20N4O/c1-2-4-14-13(3-1)16-15(20-14)5-6-18-17(16)19-7-8-21-9-11-22-12-10-21/h1-6,20H,7-12H2,(H,18,19). The Balaban J connectivity index is 1.56. The molecule has 4 rings (SSSR count). The van der Waals surface area contributed by atoms with Gasteiger partial charge in [0.1, 0.15) is 5.82 Å². The first-order chi connectivity index (χ1) is 10.9. The smallest absolute Gasteiger partial charge is 0.136 e. The quantitative estimate of drug-likeness (QED) is 0.776. The normalized spacial score (nSPS) is 16.4. The molecule has 22 heavy (non-hydrogen) atoms. The van der Waals surface area contributed by atoms with Crippen molar-refractivity contribution >= 4 is 27.6 Å². The van der Waals surface area contributed by atoms with E-state index in [9.17, 15) is 0 Å². The molecule has 1 aliphatic heterocycles. The summed E-state index contributed by atoms with van der Waals surface area (Å²) in [5, 5.41) is 5.90. The Kier molecular flexibility index (Phi) is 3.66. The number of benzene rings is 1. The Bertz CT molecular complexity index is 777. The molecule has 2 aromatic heterocycles. The Morgan fingerprint density at radius 1 is 1.14 bits per heavy atom. The van der Waals surface area contributed by atoms with E-state index < -0.39 is 0 Å². The molecule has 3 aromatic rings. The summed E-state index contributed by atoms with van der Waals surface area (Å²) in [6, 6.07) is 10.4. The van der Waals surface area contributed by atoms with Crippen LogP contribution >= 0.6 is 0 Å². The number of ether oxygens (including phenoxy) is 1. The van der Waals surface area contributed by atoms with E-state index in [1.165, 1.54) is 10.8 Å². The number of nitrogens with one attached hydrogen (secondary N) is 2. The first-order valence-electron chi connectivity index (χ1n) is 7.81. The molecule has 5 nitrogen and oxygen atoms in total. The molecule has 1 aromatic carbocycles. The highest BCUT2D eigenvalue weighted by Crippen LogP contribution is 2.29. The van der Waals surface area contributed by atoms with E-state index in [1.54, 1.807) is 0 Å². The minimum Gasteiger partial charge on any atom is -0.379 e. The second-order valence-corrected chi connectivity index (χ2v) is 5.63. The van der Waals surface area contributed by atoms with Crippen molar-refractivity contribution in [2.45, 2.75) is 0 Å². The zero-order chi connectivity index (χ0) is 14.8. The topological polar surface area (TPSA) is 53.2 Å². The zero-order valence-corrected chi connectivity index (χ0v) is 12.5. The van der Waals surface area contributed by atoms with Crippen LogP contribution in [0, 0.1) is 0 Å². The molecular formula is C17H20N4O. The number of fused-ring (bicyclic) bond motifs is 3. The van der Waals surface area contributed by atoms with Gasteiger partial charge in [-0.2, -0.15) is 0 Å². The molecule has 0 saturated carbocycles. The number of anilines is 1. The highest BCUT2D eigenvalue weighted by molar-refractivity contribution is 6.12. The molecule has 1 aliphatic rings.